The second-order valence-corrected chi connectivity index (χ2v) is 5.17. The topological polar surface area (TPSA) is 73.2 Å². The van der Waals surface area contributed by atoms with Crippen LogP contribution in [0.3, 0.4) is 0 Å². The normalized spacial score (nSPS) is 10.4. The molecule has 0 aliphatic carbocycles. The summed E-state index contributed by atoms with van der Waals surface area (Å²) in [6.45, 7) is 6.79. The van der Waals surface area contributed by atoms with E-state index < -0.39 is 0 Å². The van der Waals surface area contributed by atoms with E-state index in [4.69, 9.17) is 4.74 Å². The van der Waals surface area contributed by atoms with Crippen molar-refractivity contribution < 1.29 is 9.53 Å². The van der Waals surface area contributed by atoms with E-state index >= 15 is 0 Å². The molecule has 122 valence electrons. The molecule has 23 heavy (non-hydrogen) atoms. The van der Waals surface area contributed by atoms with E-state index in [1.165, 1.54) is 10.9 Å². The molecular formula is C17H21N3O3. The maximum Gasteiger partial charge on any atom is 0.256 e. The van der Waals surface area contributed by atoms with Gasteiger partial charge in [-0.05, 0) is 45.0 Å². The number of hydrogen-bond donors (Lipinski definition) is 1. The molecule has 0 aliphatic heterocycles. The Kier molecular flexibility index (Phi) is 5.51. The highest BCUT2D eigenvalue weighted by Gasteiger charge is 2.07. The number of ether oxygens (including phenoxy) is 1. The molecule has 0 spiro atoms. The molecule has 0 fully saturated rings. The molecule has 0 saturated carbocycles. The van der Waals surface area contributed by atoms with Gasteiger partial charge in [0, 0.05) is 29.9 Å². The summed E-state index contributed by atoms with van der Waals surface area (Å²) in [5, 5.41) is 2.79. The Bertz CT molecular complexity index is 736. The van der Waals surface area contributed by atoms with Gasteiger partial charge in [0.25, 0.3) is 11.5 Å². The van der Waals surface area contributed by atoms with E-state index in [2.05, 4.69) is 10.3 Å². The van der Waals surface area contributed by atoms with Gasteiger partial charge in [-0.3, -0.25) is 14.2 Å². The second-order valence-electron chi connectivity index (χ2n) is 5.17. The number of amides is 1. The van der Waals surface area contributed by atoms with Crippen LogP contribution >= 0.6 is 0 Å². The van der Waals surface area contributed by atoms with Crippen molar-refractivity contribution in [3.8, 4) is 5.75 Å². The number of carbonyl (C=O) groups is 1. The van der Waals surface area contributed by atoms with Gasteiger partial charge in [-0.2, -0.15) is 0 Å². The largest absolute Gasteiger partial charge is 0.494 e. The minimum absolute atomic E-state index is 0.0761. The van der Waals surface area contributed by atoms with Gasteiger partial charge in [0.2, 0.25) is 0 Å². The summed E-state index contributed by atoms with van der Waals surface area (Å²) in [4.78, 5) is 28.2. The van der Waals surface area contributed by atoms with Crippen LogP contribution in [0.5, 0.6) is 5.75 Å². The maximum absolute atomic E-state index is 12.1. The second kappa shape index (κ2) is 7.58. The first kappa shape index (κ1) is 16.7. The zero-order valence-corrected chi connectivity index (χ0v) is 13.6. The number of benzene rings is 1. The number of carbonyl (C=O) groups excluding carboxylic acids is 1. The average molecular weight is 315 g/mol. The molecule has 2 rings (SSSR count). The van der Waals surface area contributed by atoms with Gasteiger partial charge >= 0.3 is 0 Å². The molecule has 1 N–H and O–H groups in total. The van der Waals surface area contributed by atoms with E-state index in [0.717, 1.165) is 11.4 Å². The Morgan fingerprint density at radius 2 is 1.96 bits per heavy atom. The number of aryl methyl sites for hydroxylation is 1. The summed E-state index contributed by atoms with van der Waals surface area (Å²) in [6.07, 6.45) is 1.51. The minimum atomic E-state index is -0.183. The summed E-state index contributed by atoms with van der Waals surface area (Å²) < 4.78 is 6.84. The molecule has 0 bridgehead atoms. The molecule has 1 aromatic carbocycles. The first-order valence-corrected chi connectivity index (χ1v) is 7.56. The lowest BCUT2D eigenvalue weighted by atomic mass is 10.2. The zero-order valence-electron chi connectivity index (χ0n) is 13.6. The van der Waals surface area contributed by atoms with Gasteiger partial charge < -0.3 is 10.1 Å². The van der Waals surface area contributed by atoms with Gasteiger partial charge in [0.15, 0.2) is 0 Å². The fourth-order valence-electron chi connectivity index (χ4n) is 2.10. The Morgan fingerprint density at radius 1 is 1.26 bits per heavy atom. The zero-order chi connectivity index (χ0) is 16.8. The Hall–Kier alpha value is -2.63. The number of nitrogens with zero attached hydrogens (tertiary/aromatic N) is 2. The summed E-state index contributed by atoms with van der Waals surface area (Å²) >= 11 is 0. The van der Waals surface area contributed by atoms with Crippen molar-refractivity contribution in [3.63, 3.8) is 0 Å². The lowest BCUT2D eigenvalue weighted by Crippen LogP contribution is -2.32. The quantitative estimate of drug-likeness (QED) is 0.880. The van der Waals surface area contributed by atoms with Gasteiger partial charge in [-0.1, -0.05) is 0 Å². The number of rotatable bonds is 6. The maximum atomic E-state index is 12.1. The molecule has 1 amide bonds. The van der Waals surface area contributed by atoms with Crippen LogP contribution in [0.15, 0.2) is 35.4 Å². The molecular weight excluding hydrogens is 294 g/mol. The predicted octanol–water partition coefficient (Wildman–Crippen LogP) is 1.69. The van der Waals surface area contributed by atoms with Crippen LogP contribution in [0, 0.1) is 13.8 Å². The standard InChI is InChI=1S/C17H21N3O3/c1-4-23-15-7-5-14(6-8-15)16(21)18-9-10-20-11-19-13(3)12(2)17(20)22/h5-8,11H,4,9-10H2,1-3H3,(H,18,21). The highest BCUT2D eigenvalue weighted by Crippen LogP contribution is 2.11. The van der Waals surface area contributed by atoms with Crippen molar-refractivity contribution in [2.45, 2.75) is 27.3 Å². The number of hydrogen-bond acceptors (Lipinski definition) is 4. The monoisotopic (exact) mass is 315 g/mol. The van der Waals surface area contributed by atoms with Crippen LogP contribution in [0.1, 0.15) is 28.5 Å². The van der Waals surface area contributed by atoms with Crippen molar-refractivity contribution >= 4 is 5.91 Å². The smallest absolute Gasteiger partial charge is 0.256 e. The molecule has 0 atom stereocenters. The Balaban J connectivity index is 1.92. The Morgan fingerprint density at radius 3 is 2.61 bits per heavy atom. The van der Waals surface area contributed by atoms with Crippen molar-refractivity contribution in [3.05, 3.63) is 57.8 Å². The van der Waals surface area contributed by atoms with E-state index in [0.29, 0.717) is 30.8 Å². The highest BCUT2D eigenvalue weighted by molar-refractivity contribution is 5.94. The molecule has 0 radical (unpaired) electrons. The van der Waals surface area contributed by atoms with Crippen LogP contribution in [-0.2, 0) is 6.54 Å². The van der Waals surface area contributed by atoms with Crippen LogP contribution in [-0.4, -0.2) is 28.6 Å². The molecule has 0 saturated heterocycles. The molecule has 2 aromatic rings. The summed E-state index contributed by atoms with van der Waals surface area (Å²) in [6, 6.07) is 6.94. The van der Waals surface area contributed by atoms with Gasteiger partial charge in [0.1, 0.15) is 5.75 Å². The fraction of sp³-hybridized carbons (Fsp3) is 0.353. The Labute approximate surface area is 135 Å². The van der Waals surface area contributed by atoms with E-state index in [-0.39, 0.29) is 11.5 Å². The van der Waals surface area contributed by atoms with E-state index in [1.807, 2.05) is 6.92 Å². The van der Waals surface area contributed by atoms with Crippen molar-refractivity contribution in [1.29, 1.82) is 0 Å². The van der Waals surface area contributed by atoms with Gasteiger partial charge in [0.05, 0.1) is 12.9 Å². The third kappa shape index (κ3) is 4.18. The first-order chi connectivity index (χ1) is 11.0. The molecule has 6 nitrogen and oxygen atoms in total. The van der Waals surface area contributed by atoms with Crippen LogP contribution in [0.4, 0.5) is 0 Å². The van der Waals surface area contributed by atoms with Crippen LogP contribution in [0.25, 0.3) is 0 Å². The lowest BCUT2D eigenvalue weighted by Gasteiger charge is -2.09. The summed E-state index contributed by atoms with van der Waals surface area (Å²) in [5.41, 5.74) is 1.84. The molecule has 6 heteroatoms. The van der Waals surface area contributed by atoms with Crippen molar-refractivity contribution in [2.75, 3.05) is 13.2 Å². The average Bonchev–Trinajstić information content (AvgIpc) is 2.55. The third-order valence-electron chi connectivity index (χ3n) is 3.58. The third-order valence-corrected chi connectivity index (χ3v) is 3.58. The minimum Gasteiger partial charge on any atom is -0.494 e. The lowest BCUT2D eigenvalue weighted by molar-refractivity contribution is 0.0952. The van der Waals surface area contributed by atoms with E-state index in [1.54, 1.807) is 38.1 Å². The SMILES string of the molecule is CCOc1ccc(C(=O)NCCn2cnc(C)c(C)c2=O)cc1. The number of nitrogens with one attached hydrogen (secondary N) is 1. The summed E-state index contributed by atoms with van der Waals surface area (Å²) in [7, 11) is 0. The molecule has 1 aromatic heterocycles. The van der Waals surface area contributed by atoms with E-state index in [9.17, 15) is 9.59 Å². The van der Waals surface area contributed by atoms with Gasteiger partial charge in [-0.25, -0.2) is 4.98 Å². The fourth-order valence-corrected chi connectivity index (χ4v) is 2.10. The molecule has 0 unspecified atom stereocenters. The highest BCUT2D eigenvalue weighted by atomic mass is 16.5. The van der Waals surface area contributed by atoms with Crippen molar-refractivity contribution in [1.82, 2.24) is 14.9 Å². The summed E-state index contributed by atoms with van der Waals surface area (Å²) in [5.74, 6) is 0.551. The van der Waals surface area contributed by atoms with Crippen molar-refractivity contribution in [2.24, 2.45) is 0 Å². The van der Waals surface area contributed by atoms with Crippen LogP contribution in [0.2, 0.25) is 0 Å². The van der Waals surface area contributed by atoms with Crippen LogP contribution < -0.4 is 15.6 Å². The molecule has 0 aliphatic rings. The first-order valence-electron chi connectivity index (χ1n) is 7.56. The predicted molar refractivity (Wildman–Crippen MR) is 87.9 cm³/mol. The van der Waals surface area contributed by atoms with Gasteiger partial charge in [-0.15, -0.1) is 0 Å². The molecule has 1 heterocycles. The number of aromatic nitrogens is 2.